The minimum Gasteiger partial charge on any atom is -0.326 e. The van der Waals surface area contributed by atoms with Crippen LogP contribution in [-0.2, 0) is 6.54 Å². The summed E-state index contributed by atoms with van der Waals surface area (Å²) >= 11 is 13.5. The van der Waals surface area contributed by atoms with Crippen molar-refractivity contribution in [3.05, 3.63) is 58.1 Å². The van der Waals surface area contributed by atoms with Crippen molar-refractivity contribution >= 4 is 35.0 Å². The Morgan fingerprint density at radius 3 is 2.24 bits per heavy atom. The highest BCUT2D eigenvalue weighted by atomic mass is 35.5. The average Bonchev–Trinajstić information content (AvgIpc) is 2.32. The number of hydrogen-bond donors (Lipinski definition) is 1. The zero-order chi connectivity index (χ0) is 12.3. The second-order valence-corrected chi connectivity index (χ2v) is 5.50. The second-order valence-electron chi connectivity index (χ2n) is 3.51. The molecular weight excluding hydrogens is 273 g/mol. The first-order chi connectivity index (χ1) is 8.19. The predicted molar refractivity (Wildman–Crippen MR) is 74.9 cm³/mol. The van der Waals surface area contributed by atoms with Crippen molar-refractivity contribution in [2.24, 2.45) is 5.73 Å². The maximum atomic E-state index is 5.99. The van der Waals surface area contributed by atoms with Gasteiger partial charge in [-0.2, -0.15) is 0 Å². The van der Waals surface area contributed by atoms with Crippen molar-refractivity contribution in [3.8, 4) is 0 Å². The molecule has 0 aliphatic rings. The van der Waals surface area contributed by atoms with Crippen molar-refractivity contribution in [2.45, 2.75) is 16.3 Å². The topological polar surface area (TPSA) is 26.0 Å². The summed E-state index contributed by atoms with van der Waals surface area (Å²) in [6, 6.07) is 13.5. The van der Waals surface area contributed by atoms with E-state index in [0.29, 0.717) is 6.54 Å². The highest BCUT2D eigenvalue weighted by Crippen LogP contribution is 2.32. The van der Waals surface area contributed by atoms with Gasteiger partial charge in [0, 0.05) is 26.4 Å². The first kappa shape index (κ1) is 12.8. The van der Waals surface area contributed by atoms with Crippen LogP contribution in [0.1, 0.15) is 5.56 Å². The third kappa shape index (κ3) is 3.39. The molecule has 0 unspecified atom stereocenters. The Hall–Kier alpha value is -0.670. The van der Waals surface area contributed by atoms with E-state index in [0.717, 1.165) is 25.4 Å². The van der Waals surface area contributed by atoms with E-state index in [4.69, 9.17) is 28.9 Å². The molecule has 2 N–H and O–H groups in total. The molecule has 88 valence electrons. The molecule has 0 saturated carbocycles. The van der Waals surface area contributed by atoms with Crippen LogP contribution in [-0.4, -0.2) is 0 Å². The van der Waals surface area contributed by atoms with Crippen LogP contribution in [0.3, 0.4) is 0 Å². The normalized spacial score (nSPS) is 10.5. The quantitative estimate of drug-likeness (QED) is 0.891. The fourth-order valence-corrected chi connectivity index (χ4v) is 2.78. The highest BCUT2D eigenvalue weighted by molar-refractivity contribution is 7.99. The molecule has 0 heterocycles. The summed E-state index contributed by atoms with van der Waals surface area (Å²) in [5, 5.41) is 1.46. The van der Waals surface area contributed by atoms with Gasteiger partial charge >= 0.3 is 0 Å². The van der Waals surface area contributed by atoms with Crippen LogP contribution in [0.2, 0.25) is 10.0 Å². The van der Waals surface area contributed by atoms with Crippen molar-refractivity contribution in [3.63, 3.8) is 0 Å². The molecule has 0 fully saturated rings. The van der Waals surface area contributed by atoms with Gasteiger partial charge in [0.15, 0.2) is 0 Å². The van der Waals surface area contributed by atoms with E-state index in [2.05, 4.69) is 0 Å². The van der Waals surface area contributed by atoms with Crippen molar-refractivity contribution in [1.29, 1.82) is 0 Å². The maximum Gasteiger partial charge on any atom is 0.0417 e. The summed E-state index contributed by atoms with van der Waals surface area (Å²) < 4.78 is 0. The zero-order valence-electron chi connectivity index (χ0n) is 8.99. The lowest BCUT2D eigenvalue weighted by atomic mass is 10.2. The van der Waals surface area contributed by atoms with Crippen LogP contribution in [0.15, 0.2) is 52.3 Å². The molecule has 2 rings (SSSR count). The third-order valence-corrected chi connectivity index (χ3v) is 3.89. The van der Waals surface area contributed by atoms with Crippen LogP contribution in [0.25, 0.3) is 0 Å². The molecule has 0 bridgehead atoms. The fourth-order valence-electron chi connectivity index (χ4n) is 1.42. The first-order valence-electron chi connectivity index (χ1n) is 5.11. The van der Waals surface area contributed by atoms with E-state index in [1.807, 2.05) is 42.5 Å². The summed E-state index contributed by atoms with van der Waals surface area (Å²) in [6.07, 6.45) is 0. The van der Waals surface area contributed by atoms with Gasteiger partial charge in [-0.3, -0.25) is 0 Å². The molecule has 0 aromatic heterocycles. The minimum atomic E-state index is 0.507. The summed E-state index contributed by atoms with van der Waals surface area (Å²) in [5.74, 6) is 0. The number of benzene rings is 2. The number of rotatable bonds is 3. The third-order valence-electron chi connectivity index (χ3n) is 2.29. The first-order valence-corrected chi connectivity index (χ1v) is 6.68. The van der Waals surface area contributed by atoms with Gasteiger partial charge in [-0.1, -0.05) is 41.0 Å². The molecule has 0 aliphatic heterocycles. The minimum absolute atomic E-state index is 0.507. The molecule has 0 radical (unpaired) electrons. The predicted octanol–water partition coefficient (Wildman–Crippen LogP) is 4.60. The molecule has 17 heavy (non-hydrogen) atoms. The summed E-state index contributed by atoms with van der Waals surface area (Å²) in [6.45, 7) is 0.507. The number of hydrogen-bond acceptors (Lipinski definition) is 2. The molecule has 0 atom stereocenters. The van der Waals surface area contributed by atoms with Crippen LogP contribution in [0.4, 0.5) is 0 Å². The van der Waals surface area contributed by atoms with Gasteiger partial charge < -0.3 is 5.73 Å². The Kier molecular flexibility index (Phi) is 4.35. The van der Waals surface area contributed by atoms with E-state index >= 15 is 0 Å². The molecule has 0 spiro atoms. The average molecular weight is 284 g/mol. The van der Waals surface area contributed by atoms with Crippen molar-refractivity contribution in [1.82, 2.24) is 0 Å². The SMILES string of the molecule is NCc1ccc(Cl)cc1Sc1ccc(Cl)cc1. The molecule has 4 heteroatoms. The fraction of sp³-hybridized carbons (Fsp3) is 0.0769. The number of nitrogens with two attached hydrogens (primary N) is 1. The van der Waals surface area contributed by atoms with E-state index in [1.54, 1.807) is 11.8 Å². The Balaban J connectivity index is 2.28. The van der Waals surface area contributed by atoms with Gasteiger partial charge in [0.1, 0.15) is 0 Å². The van der Waals surface area contributed by atoms with E-state index in [-0.39, 0.29) is 0 Å². The van der Waals surface area contributed by atoms with E-state index < -0.39 is 0 Å². The molecule has 1 nitrogen and oxygen atoms in total. The summed E-state index contributed by atoms with van der Waals surface area (Å²) in [5.41, 5.74) is 6.79. The Labute approximate surface area is 115 Å². The molecule has 2 aromatic rings. The van der Waals surface area contributed by atoms with E-state index in [9.17, 15) is 0 Å². The van der Waals surface area contributed by atoms with Gasteiger partial charge in [-0.25, -0.2) is 0 Å². The van der Waals surface area contributed by atoms with Gasteiger partial charge in [-0.05, 0) is 42.0 Å². The monoisotopic (exact) mass is 283 g/mol. The van der Waals surface area contributed by atoms with Crippen molar-refractivity contribution in [2.75, 3.05) is 0 Å². The van der Waals surface area contributed by atoms with E-state index in [1.165, 1.54) is 0 Å². The maximum absolute atomic E-state index is 5.99. The summed E-state index contributed by atoms with van der Waals surface area (Å²) in [7, 11) is 0. The van der Waals surface area contributed by atoms with Crippen molar-refractivity contribution < 1.29 is 0 Å². The molecule has 2 aromatic carbocycles. The smallest absolute Gasteiger partial charge is 0.0417 e. The van der Waals surface area contributed by atoms with Gasteiger partial charge in [0.25, 0.3) is 0 Å². The molecular formula is C13H11Cl2NS. The molecule has 0 aliphatic carbocycles. The van der Waals surface area contributed by atoms with Gasteiger partial charge in [0.05, 0.1) is 0 Å². The summed E-state index contributed by atoms with van der Waals surface area (Å²) in [4.78, 5) is 2.20. The molecule has 0 saturated heterocycles. The van der Waals surface area contributed by atoms with Crippen LogP contribution in [0.5, 0.6) is 0 Å². The Morgan fingerprint density at radius 2 is 1.59 bits per heavy atom. The van der Waals surface area contributed by atoms with Gasteiger partial charge in [0.2, 0.25) is 0 Å². The standard InChI is InChI=1S/C13H11Cl2NS/c14-10-3-5-12(6-4-10)17-13-7-11(15)2-1-9(13)8-16/h1-7H,8,16H2. The molecule has 0 amide bonds. The van der Waals surface area contributed by atoms with Crippen LogP contribution < -0.4 is 5.73 Å². The highest BCUT2D eigenvalue weighted by Gasteiger charge is 2.04. The second kappa shape index (κ2) is 5.78. The van der Waals surface area contributed by atoms with Crippen LogP contribution in [0, 0.1) is 0 Å². The Morgan fingerprint density at radius 1 is 0.941 bits per heavy atom. The zero-order valence-corrected chi connectivity index (χ0v) is 11.3. The van der Waals surface area contributed by atoms with Crippen LogP contribution >= 0.6 is 35.0 Å². The lowest BCUT2D eigenvalue weighted by Gasteiger charge is -2.08. The number of halogens is 2. The Bertz CT molecular complexity index is 511. The van der Waals surface area contributed by atoms with Gasteiger partial charge in [-0.15, -0.1) is 0 Å². The largest absolute Gasteiger partial charge is 0.326 e. The lowest BCUT2D eigenvalue weighted by molar-refractivity contribution is 1.03. The lowest BCUT2D eigenvalue weighted by Crippen LogP contribution is -1.97.